The third kappa shape index (κ3) is 7.44. The Morgan fingerprint density at radius 2 is 1.66 bits per heavy atom. The number of benzene rings is 2. The van der Waals surface area contributed by atoms with Crippen molar-refractivity contribution in [2.24, 2.45) is 5.92 Å². The van der Waals surface area contributed by atoms with Crippen molar-refractivity contribution < 1.29 is 48.0 Å². The van der Waals surface area contributed by atoms with Crippen LogP contribution in [0.3, 0.4) is 0 Å². The van der Waals surface area contributed by atoms with E-state index in [-0.39, 0.29) is 18.1 Å². The van der Waals surface area contributed by atoms with Crippen molar-refractivity contribution in [1.82, 2.24) is 16.0 Å². The Balaban J connectivity index is 1.93. The van der Waals surface area contributed by atoms with E-state index < -0.39 is 60.8 Å². The molecule has 1 amide bonds. The second kappa shape index (κ2) is 14.1. The molecule has 2 aromatic carbocycles. The summed E-state index contributed by atoms with van der Waals surface area (Å²) in [5.74, 6) is -7.63. The first-order valence-electron chi connectivity index (χ1n) is 12.7. The number of ether oxygens (including phenoxy) is 2. The fraction of sp³-hybridized carbons (Fsp3) is 0.393. The van der Waals surface area contributed by atoms with Crippen molar-refractivity contribution in [2.75, 3.05) is 20.3 Å². The number of halogens is 2. The highest BCUT2D eigenvalue weighted by molar-refractivity contribution is 5.97. The van der Waals surface area contributed by atoms with E-state index in [0.29, 0.717) is 11.1 Å². The molecule has 6 N–H and O–H groups in total. The molecule has 11 nitrogen and oxygen atoms in total. The maximum atomic E-state index is 15.8. The van der Waals surface area contributed by atoms with E-state index in [1.165, 1.54) is 6.92 Å². The van der Waals surface area contributed by atoms with Gasteiger partial charge in [0.25, 0.3) is 5.91 Å². The lowest BCUT2D eigenvalue weighted by atomic mass is 9.82. The van der Waals surface area contributed by atoms with Gasteiger partial charge in [-0.2, -0.15) is 4.39 Å². The van der Waals surface area contributed by atoms with Crippen LogP contribution in [0.4, 0.5) is 8.78 Å². The average molecular weight is 578 g/mol. The smallest absolute Gasteiger partial charge is 0.375 e. The van der Waals surface area contributed by atoms with Crippen LogP contribution in [-0.4, -0.2) is 89.6 Å². The number of nitrogens with one attached hydrogen (secondary N) is 3. The number of esters is 1. The molecule has 1 fully saturated rings. The van der Waals surface area contributed by atoms with Gasteiger partial charge in [-0.25, -0.2) is 9.18 Å². The topological polar surface area (TPSA) is 166 Å². The zero-order valence-electron chi connectivity index (χ0n) is 22.4. The Hall–Kier alpha value is -3.91. The monoisotopic (exact) mass is 577 g/mol. The molecule has 13 heteroatoms. The van der Waals surface area contributed by atoms with Gasteiger partial charge >= 0.3 is 11.8 Å². The molecular formula is C28H33F2N3O8. The first-order valence-corrected chi connectivity index (χ1v) is 12.7. The maximum absolute atomic E-state index is 15.8. The van der Waals surface area contributed by atoms with E-state index in [4.69, 9.17) is 4.74 Å². The number of methoxy groups -OCH3 is 1. The lowest BCUT2D eigenvalue weighted by Crippen LogP contribution is -2.68. The number of Topliss-reactive ketones (excluding diaryl/α,β-unsaturated/α-hetero) is 1. The molecule has 41 heavy (non-hydrogen) atoms. The first kappa shape index (κ1) is 31.6. The number of carbonyl (C=O) groups excluding carboxylic acids is 3. The largest absolute Gasteiger partial charge is 0.465 e. The van der Waals surface area contributed by atoms with Gasteiger partial charge in [-0.1, -0.05) is 55.5 Å². The van der Waals surface area contributed by atoms with Crippen molar-refractivity contribution in [3.63, 3.8) is 0 Å². The van der Waals surface area contributed by atoms with Crippen LogP contribution in [0.2, 0.25) is 0 Å². The number of hydrogen-bond donors (Lipinski definition) is 6. The number of ketones is 1. The van der Waals surface area contributed by atoms with E-state index >= 15 is 8.78 Å². The molecule has 0 aliphatic carbocycles. The normalized spacial score (nSPS) is 25.9. The Morgan fingerprint density at radius 3 is 2.22 bits per heavy atom. The highest BCUT2D eigenvalue weighted by Gasteiger charge is 2.62. The summed E-state index contributed by atoms with van der Waals surface area (Å²) in [7, 11) is 0.815. The highest BCUT2D eigenvalue weighted by Crippen LogP contribution is 2.39. The Morgan fingerprint density at radius 1 is 1.07 bits per heavy atom. The van der Waals surface area contributed by atoms with Crippen LogP contribution in [0.25, 0.3) is 0 Å². The second-order valence-electron chi connectivity index (χ2n) is 9.43. The maximum Gasteiger partial charge on any atom is 0.375 e. The van der Waals surface area contributed by atoms with Gasteiger partial charge in [0, 0.05) is 23.2 Å². The van der Waals surface area contributed by atoms with Gasteiger partial charge in [0.1, 0.15) is 18.0 Å². The van der Waals surface area contributed by atoms with Crippen LogP contribution in [0.1, 0.15) is 27.6 Å². The van der Waals surface area contributed by atoms with Crippen molar-refractivity contribution in [3.8, 4) is 0 Å². The molecule has 0 spiro atoms. The fourth-order valence-corrected chi connectivity index (χ4v) is 4.32. The van der Waals surface area contributed by atoms with E-state index in [1.54, 1.807) is 60.7 Å². The zero-order chi connectivity index (χ0) is 30.2. The summed E-state index contributed by atoms with van der Waals surface area (Å²) < 4.78 is 40.9. The molecule has 7 atom stereocenters. The van der Waals surface area contributed by atoms with Crippen LogP contribution in [-0.2, 0) is 14.3 Å². The molecule has 0 radical (unpaired) electrons. The molecular weight excluding hydrogens is 544 g/mol. The standard InChI is InChI=1S/C28H33F2N3O8/c1-16-22(25(29)28(30,27(39)40-2)41-24(16)23(37)20(36)15-34)33-21(14-32-26(38)18-11-7-4-8-12-18)31-13-19(35)17-9-5-3-6-10-17/h3-12,14,16,20,22-25,31,33-34,36-37H,13,15H2,1-2H3,(H,32,38)/b21-14+/t16?,20-,22?,23-,24?,25?,28?/m1/s1. The lowest BCUT2D eigenvalue weighted by Gasteiger charge is -2.47. The van der Waals surface area contributed by atoms with Crippen LogP contribution in [0.5, 0.6) is 0 Å². The number of hydrogen-bond acceptors (Lipinski definition) is 10. The molecule has 0 aromatic heterocycles. The number of aliphatic hydroxyl groups excluding tert-OH is 3. The summed E-state index contributed by atoms with van der Waals surface area (Å²) in [4.78, 5) is 37.6. The van der Waals surface area contributed by atoms with Crippen LogP contribution >= 0.6 is 0 Å². The van der Waals surface area contributed by atoms with Crippen LogP contribution < -0.4 is 16.0 Å². The van der Waals surface area contributed by atoms with Gasteiger partial charge in [0.15, 0.2) is 12.0 Å². The van der Waals surface area contributed by atoms with E-state index in [9.17, 15) is 29.7 Å². The molecule has 2 aromatic rings. The molecule has 5 unspecified atom stereocenters. The van der Waals surface area contributed by atoms with Gasteiger partial charge in [-0.05, 0) is 12.1 Å². The first-order chi connectivity index (χ1) is 19.5. The molecule has 3 rings (SSSR count). The molecule has 1 aliphatic rings. The Bertz CT molecular complexity index is 1220. The summed E-state index contributed by atoms with van der Waals surface area (Å²) in [6.45, 7) is 0.0995. The Labute approximate surface area is 235 Å². The SMILES string of the molecule is COC(=O)C1(F)OC([C@H](O)[C@H](O)CO)C(C)C(N/C(=C/NC(=O)c2ccccc2)NCC(=O)c2ccccc2)C1F. The third-order valence-electron chi connectivity index (χ3n) is 6.68. The average Bonchev–Trinajstić information content (AvgIpc) is 3.01. The number of carbonyl (C=O) groups is 3. The van der Waals surface area contributed by atoms with Crippen molar-refractivity contribution in [2.45, 2.75) is 43.3 Å². The molecule has 1 aliphatic heterocycles. The van der Waals surface area contributed by atoms with Gasteiger partial charge < -0.3 is 40.7 Å². The number of rotatable bonds is 12. The summed E-state index contributed by atoms with van der Waals surface area (Å²) in [6, 6.07) is 14.7. The minimum atomic E-state index is -3.71. The van der Waals surface area contributed by atoms with E-state index in [0.717, 1.165) is 13.3 Å². The summed E-state index contributed by atoms with van der Waals surface area (Å²) in [5.41, 5.74) is 0.658. The van der Waals surface area contributed by atoms with E-state index in [2.05, 4.69) is 20.7 Å². The van der Waals surface area contributed by atoms with Gasteiger partial charge in [-0.3, -0.25) is 9.59 Å². The van der Waals surface area contributed by atoms with Crippen molar-refractivity contribution >= 4 is 17.7 Å². The minimum absolute atomic E-state index is 0.136. The lowest BCUT2D eigenvalue weighted by molar-refractivity contribution is -0.286. The molecule has 222 valence electrons. The van der Waals surface area contributed by atoms with Crippen LogP contribution in [0.15, 0.2) is 72.7 Å². The number of aliphatic hydroxyl groups is 3. The van der Waals surface area contributed by atoms with Gasteiger partial charge in [-0.15, -0.1) is 0 Å². The molecule has 0 bridgehead atoms. The fourth-order valence-electron chi connectivity index (χ4n) is 4.32. The highest BCUT2D eigenvalue weighted by atomic mass is 19.2. The van der Waals surface area contributed by atoms with Crippen molar-refractivity contribution in [3.05, 3.63) is 83.8 Å². The minimum Gasteiger partial charge on any atom is -0.465 e. The van der Waals surface area contributed by atoms with Gasteiger partial charge in [0.05, 0.1) is 32.4 Å². The van der Waals surface area contributed by atoms with Crippen molar-refractivity contribution in [1.29, 1.82) is 0 Å². The zero-order valence-corrected chi connectivity index (χ0v) is 22.4. The summed E-state index contributed by atoms with van der Waals surface area (Å²) in [5, 5.41) is 37.7. The summed E-state index contributed by atoms with van der Waals surface area (Å²) >= 11 is 0. The number of amides is 1. The predicted octanol–water partition coefficient (Wildman–Crippen LogP) is 0.572. The predicted molar refractivity (Wildman–Crippen MR) is 142 cm³/mol. The number of alkyl halides is 2. The van der Waals surface area contributed by atoms with Crippen LogP contribution in [0, 0.1) is 5.92 Å². The quantitative estimate of drug-likeness (QED) is 0.155. The molecule has 1 saturated heterocycles. The van der Waals surface area contributed by atoms with E-state index in [1.807, 2.05) is 0 Å². The second-order valence-corrected chi connectivity index (χ2v) is 9.43. The molecule has 1 heterocycles. The Kier molecular flexibility index (Phi) is 10.9. The summed E-state index contributed by atoms with van der Waals surface area (Å²) in [6.07, 6.45) is -7.04. The van der Waals surface area contributed by atoms with Gasteiger partial charge in [0.2, 0.25) is 0 Å². The third-order valence-corrected chi connectivity index (χ3v) is 6.68. The molecule has 0 saturated carbocycles.